The van der Waals surface area contributed by atoms with Gasteiger partial charge in [0.15, 0.2) is 5.69 Å². The van der Waals surface area contributed by atoms with Crippen LogP contribution in [0.1, 0.15) is 75.2 Å². The predicted molar refractivity (Wildman–Crippen MR) is 91.4 cm³/mol. The lowest BCUT2D eigenvalue weighted by Crippen LogP contribution is -2.04. The van der Waals surface area contributed by atoms with E-state index < -0.39 is 5.97 Å². The van der Waals surface area contributed by atoms with E-state index >= 15 is 0 Å². The number of hydrogen-bond donors (Lipinski definition) is 1. The van der Waals surface area contributed by atoms with Crippen LogP contribution in [0.2, 0.25) is 0 Å². The maximum absolute atomic E-state index is 11.5. The lowest BCUT2D eigenvalue weighted by atomic mass is 10.1. The van der Waals surface area contributed by atoms with Crippen LogP contribution in [0.15, 0.2) is 6.20 Å². The van der Waals surface area contributed by atoms with Crippen molar-refractivity contribution >= 4 is 18.6 Å². The SMILES string of the molecule is CCOC(=O)c1cn(CCCCCCCCCCCS)nn1. The lowest BCUT2D eigenvalue weighted by molar-refractivity contribution is 0.0519. The average Bonchev–Trinajstić information content (AvgIpc) is 2.98. The number of aryl methyl sites for hydroxylation is 1. The largest absolute Gasteiger partial charge is 0.461 e. The molecule has 0 saturated heterocycles. The van der Waals surface area contributed by atoms with Crippen molar-refractivity contribution in [3.63, 3.8) is 0 Å². The maximum atomic E-state index is 11.5. The summed E-state index contributed by atoms with van der Waals surface area (Å²) in [6.07, 6.45) is 13.1. The molecule has 1 aromatic rings. The van der Waals surface area contributed by atoms with Crippen LogP contribution in [-0.4, -0.2) is 33.3 Å². The number of unbranched alkanes of at least 4 members (excludes halogenated alkanes) is 8. The van der Waals surface area contributed by atoms with Gasteiger partial charge < -0.3 is 4.74 Å². The number of esters is 1. The molecule has 0 bridgehead atoms. The molecule has 0 aromatic carbocycles. The fourth-order valence-corrected chi connectivity index (χ4v) is 2.55. The van der Waals surface area contributed by atoms with E-state index in [0.29, 0.717) is 12.3 Å². The van der Waals surface area contributed by atoms with Crippen molar-refractivity contribution in [2.75, 3.05) is 12.4 Å². The Morgan fingerprint density at radius 3 is 2.27 bits per heavy atom. The molecule has 6 heteroatoms. The molecule has 22 heavy (non-hydrogen) atoms. The van der Waals surface area contributed by atoms with E-state index in [4.69, 9.17) is 4.74 Å². The van der Waals surface area contributed by atoms with Gasteiger partial charge in [-0.1, -0.05) is 50.2 Å². The molecule has 0 fully saturated rings. The molecular weight excluding hydrogens is 298 g/mol. The molecule has 0 spiro atoms. The molecule has 0 aliphatic rings. The second-order valence-corrected chi connectivity index (χ2v) is 5.94. The monoisotopic (exact) mass is 327 g/mol. The number of rotatable bonds is 13. The first-order valence-corrected chi connectivity index (χ1v) is 9.09. The Morgan fingerprint density at radius 1 is 1.09 bits per heavy atom. The second-order valence-electron chi connectivity index (χ2n) is 5.49. The van der Waals surface area contributed by atoms with Crippen LogP contribution in [0.5, 0.6) is 0 Å². The molecule has 0 amide bonds. The highest BCUT2D eigenvalue weighted by molar-refractivity contribution is 7.80. The molecule has 0 atom stereocenters. The van der Waals surface area contributed by atoms with E-state index in [1.165, 1.54) is 51.4 Å². The van der Waals surface area contributed by atoms with Gasteiger partial charge in [-0.15, -0.1) is 5.10 Å². The summed E-state index contributed by atoms with van der Waals surface area (Å²) in [6.45, 7) is 2.96. The van der Waals surface area contributed by atoms with E-state index in [-0.39, 0.29) is 0 Å². The standard InChI is InChI=1S/C16H29N3O2S/c1-2-21-16(20)15-14-19(18-17-15)12-10-8-6-4-3-5-7-9-11-13-22/h14,22H,2-13H2,1H3. The summed E-state index contributed by atoms with van der Waals surface area (Å²) in [5.74, 6) is 0.617. The first-order valence-electron chi connectivity index (χ1n) is 8.46. The summed E-state index contributed by atoms with van der Waals surface area (Å²) in [7, 11) is 0. The third-order valence-electron chi connectivity index (χ3n) is 3.57. The fourth-order valence-electron chi connectivity index (χ4n) is 2.33. The van der Waals surface area contributed by atoms with Crippen LogP contribution in [0, 0.1) is 0 Å². The lowest BCUT2D eigenvalue weighted by Gasteiger charge is -2.02. The van der Waals surface area contributed by atoms with Crippen LogP contribution in [0.4, 0.5) is 0 Å². The summed E-state index contributed by atoms with van der Waals surface area (Å²) in [4.78, 5) is 11.5. The van der Waals surface area contributed by atoms with Crippen molar-refractivity contribution in [3.8, 4) is 0 Å². The van der Waals surface area contributed by atoms with Crippen LogP contribution >= 0.6 is 12.6 Å². The quantitative estimate of drug-likeness (QED) is 0.339. The molecule has 0 unspecified atom stereocenters. The van der Waals surface area contributed by atoms with Gasteiger partial charge in [-0.2, -0.15) is 12.6 Å². The van der Waals surface area contributed by atoms with Gasteiger partial charge in [0.2, 0.25) is 0 Å². The molecule has 126 valence electrons. The predicted octanol–water partition coefficient (Wildman–Crippen LogP) is 3.90. The number of nitrogens with zero attached hydrogens (tertiary/aromatic N) is 3. The van der Waals surface area contributed by atoms with E-state index in [0.717, 1.165) is 18.7 Å². The Morgan fingerprint density at radius 2 is 1.68 bits per heavy atom. The van der Waals surface area contributed by atoms with Gasteiger partial charge in [-0.25, -0.2) is 4.79 Å². The van der Waals surface area contributed by atoms with Crippen molar-refractivity contribution in [1.82, 2.24) is 15.0 Å². The van der Waals surface area contributed by atoms with Crippen LogP contribution in [-0.2, 0) is 11.3 Å². The third-order valence-corrected chi connectivity index (χ3v) is 3.88. The molecule has 1 heterocycles. The summed E-state index contributed by atoms with van der Waals surface area (Å²) in [6, 6.07) is 0. The summed E-state index contributed by atoms with van der Waals surface area (Å²) in [5, 5.41) is 7.79. The van der Waals surface area contributed by atoms with Crippen LogP contribution in [0.25, 0.3) is 0 Å². The van der Waals surface area contributed by atoms with Gasteiger partial charge in [0, 0.05) is 6.54 Å². The minimum absolute atomic E-state index is 0.295. The van der Waals surface area contributed by atoms with E-state index in [1.807, 2.05) is 0 Å². The van der Waals surface area contributed by atoms with Crippen molar-refractivity contribution in [2.45, 2.75) is 71.3 Å². The van der Waals surface area contributed by atoms with Crippen molar-refractivity contribution in [3.05, 3.63) is 11.9 Å². The zero-order valence-corrected chi connectivity index (χ0v) is 14.6. The molecule has 0 aliphatic carbocycles. The van der Waals surface area contributed by atoms with Crippen molar-refractivity contribution < 1.29 is 9.53 Å². The molecule has 0 N–H and O–H groups in total. The van der Waals surface area contributed by atoms with Gasteiger partial charge >= 0.3 is 5.97 Å². The second kappa shape index (κ2) is 12.5. The normalized spacial score (nSPS) is 10.8. The number of ether oxygens (including phenoxy) is 1. The highest BCUT2D eigenvalue weighted by Gasteiger charge is 2.10. The van der Waals surface area contributed by atoms with E-state index in [9.17, 15) is 4.79 Å². The summed E-state index contributed by atoms with van der Waals surface area (Å²) in [5.41, 5.74) is 0.295. The number of thiol groups is 1. The van der Waals surface area contributed by atoms with E-state index in [1.54, 1.807) is 17.8 Å². The topological polar surface area (TPSA) is 57.0 Å². The zero-order valence-electron chi connectivity index (χ0n) is 13.7. The van der Waals surface area contributed by atoms with Crippen LogP contribution < -0.4 is 0 Å². The molecule has 5 nitrogen and oxygen atoms in total. The Labute approximate surface area is 139 Å². The minimum Gasteiger partial charge on any atom is -0.461 e. The van der Waals surface area contributed by atoms with Gasteiger partial charge in [0.25, 0.3) is 0 Å². The highest BCUT2D eigenvalue weighted by Crippen LogP contribution is 2.10. The van der Waals surface area contributed by atoms with Gasteiger partial charge in [0.05, 0.1) is 12.8 Å². The molecule has 0 radical (unpaired) electrons. The minimum atomic E-state index is -0.397. The van der Waals surface area contributed by atoms with Gasteiger partial charge in [0.1, 0.15) is 0 Å². The number of aromatic nitrogens is 3. The summed E-state index contributed by atoms with van der Waals surface area (Å²) < 4.78 is 6.61. The maximum Gasteiger partial charge on any atom is 0.360 e. The average molecular weight is 327 g/mol. The highest BCUT2D eigenvalue weighted by atomic mass is 32.1. The van der Waals surface area contributed by atoms with E-state index in [2.05, 4.69) is 22.9 Å². The van der Waals surface area contributed by atoms with Gasteiger partial charge in [-0.05, 0) is 25.5 Å². The Kier molecular flexibility index (Phi) is 10.8. The van der Waals surface area contributed by atoms with Crippen molar-refractivity contribution in [1.29, 1.82) is 0 Å². The van der Waals surface area contributed by atoms with Crippen LogP contribution in [0.3, 0.4) is 0 Å². The Bertz CT molecular complexity index is 410. The summed E-state index contributed by atoms with van der Waals surface area (Å²) >= 11 is 4.22. The fraction of sp³-hybridized carbons (Fsp3) is 0.812. The molecule has 1 rings (SSSR count). The molecule has 0 aliphatic heterocycles. The number of carbonyl (C=O) groups excluding carboxylic acids is 1. The third kappa shape index (κ3) is 8.41. The Balaban J connectivity index is 2.00. The smallest absolute Gasteiger partial charge is 0.360 e. The first-order chi connectivity index (χ1) is 10.8. The van der Waals surface area contributed by atoms with Gasteiger partial charge in [-0.3, -0.25) is 4.68 Å². The molecule has 0 saturated carbocycles. The van der Waals surface area contributed by atoms with Crippen molar-refractivity contribution in [2.24, 2.45) is 0 Å². The zero-order chi connectivity index (χ0) is 16.0. The Hall–Kier alpha value is -1.04. The molecular formula is C16H29N3O2S. The first kappa shape index (κ1) is 19.0. The number of hydrogen-bond acceptors (Lipinski definition) is 5. The molecule has 1 aromatic heterocycles. The number of carbonyl (C=O) groups is 1.